The number of carbonyl (C=O) groups is 1. The van der Waals surface area contributed by atoms with Crippen LogP contribution < -0.4 is 5.32 Å². The predicted molar refractivity (Wildman–Crippen MR) is 81.2 cm³/mol. The van der Waals surface area contributed by atoms with Gasteiger partial charge in [0.2, 0.25) is 0 Å². The molecule has 1 aliphatic carbocycles. The number of nitrogens with one attached hydrogen (secondary N) is 1. The number of anilines is 1. The first-order valence-corrected chi connectivity index (χ1v) is 7.92. The molecule has 5 heteroatoms. The van der Waals surface area contributed by atoms with Crippen molar-refractivity contribution < 1.29 is 9.90 Å². The molecule has 2 N–H and O–H groups in total. The van der Waals surface area contributed by atoms with Crippen molar-refractivity contribution in [1.29, 1.82) is 0 Å². The third-order valence-electron chi connectivity index (χ3n) is 4.14. The Bertz CT molecular complexity index is 611. The van der Waals surface area contributed by atoms with Crippen LogP contribution in [-0.2, 0) is 4.79 Å². The maximum absolute atomic E-state index is 11.3. The van der Waals surface area contributed by atoms with Crippen molar-refractivity contribution in [2.75, 3.05) is 11.9 Å². The molecule has 0 amide bonds. The van der Waals surface area contributed by atoms with E-state index in [0.717, 1.165) is 36.9 Å². The van der Waals surface area contributed by atoms with Gasteiger partial charge in [-0.15, -0.1) is 11.3 Å². The van der Waals surface area contributed by atoms with Crippen LogP contribution in [0.3, 0.4) is 0 Å². The van der Waals surface area contributed by atoms with E-state index in [4.69, 9.17) is 0 Å². The molecule has 3 rings (SSSR count). The lowest BCUT2D eigenvalue weighted by atomic mass is 9.79. The number of thiophene rings is 1. The average molecular weight is 290 g/mol. The third kappa shape index (κ3) is 2.63. The molecule has 1 saturated carbocycles. The molecule has 2 aromatic heterocycles. The lowest BCUT2D eigenvalue weighted by Gasteiger charge is -2.28. The van der Waals surface area contributed by atoms with Crippen LogP contribution in [0.4, 0.5) is 5.82 Å². The highest BCUT2D eigenvalue weighted by atomic mass is 32.1. The maximum atomic E-state index is 11.3. The summed E-state index contributed by atoms with van der Waals surface area (Å²) in [5, 5.41) is 15.8. The van der Waals surface area contributed by atoms with E-state index in [9.17, 15) is 9.90 Å². The summed E-state index contributed by atoms with van der Waals surface area (Å²) in [7, 11) is 0. The molecular formula is C15H18N2O2S. The number of nitrogens with zero attached hydrogens (tertiary/aromatic N) is 1. The minimum absolute atomic E-state index is 0.206. The molecule has 4 nitrogen and oxygen atoms in total. The van der Waals surface area contributed by atoms with Gasteiger partial charge in [-0.3, -0.25) is 4.79 Å². The summed E-state index contributed by atoms with van der Waals surface area (Å²) >= 11 is 1.69. The van der Waals surface area contributed by atoms with E-state index in [1.807, 2.05) is 6.07 Å². The third-order valence-corrected chi connectivity index (χ3v) is 5.02. The summed E-state index contributed by atoms with van der Waals surface area (Å²) in [6, 6.07) is 4.07. The number of aliphatic carboxylic acids is 1. The number of aromatic nitrogens is 1. The van der Waals surface area contributed by atoms with E-state index in [0.29, 0.717) is 6.54 Å². The van der Waals surface area contributed by atoms with Gasteiger partial charge in [0.15, 0.2) is 0 Å². The molecule has 0 radical (unpaired) electrons. The molecule has 2 unspecified atom stereocenters. The van der Waals surface area contributed by atoms with E-state index >= 15 is 0 Å². The average Bonchev–Trinajstić information content (AvgIpc) is 2.94. The highest BCUT2D eigenvalue weighted by Crippen LogP contribution is 2.31. The lowest BCUT2D eigenvalue weighted by Crippen LogP contribution is -2.31. The number of pyridine rings is 1. The van der Waals surface area contributed by atoms with Gasteiger partial charge in [-0.2, -0.15) is 0 Å². The quantitative estimate of drug-likeness (QED) is 0.903. The fourth-order valence-electron chi connectivity index (χ4n) is 3.04. The number of fused-ring (bicyclic) bond motifs is 1. The van der Waals surface area contributed by atoms with Crippen LogP contribution in [0.15, 0.2) is 23.7 Å². The van der Waals surface area contributed by atoms with E-state index in [1.165, 1.54) is 4.70 Å². The standard InChI is InChI=1S/C15H18N2O2S/c18-15(19)11-4-2-1-3-10(11)9-17-14-12-6-8-20-13(12)5-7-16-14/h5-8,10-11H,1-4,9H2,(H,16,17)(H,18,19). The number of rotatable bonds is 4. The van der Waals surface area contributed by atoms with Crippen molar-refractivity contribution in [2.45, 2.75) is 25.7 Å². The van der Waals surface area contributed by atoms with E-state index < -0.39 is 5.97 Å². The van der Waals surface area contributed by atoms with Crippen LogP contribution in [0.2, 0.25) is 0 Å². The van der Waals surface area contributed by atoms with Gasteiger partial charge in [-0.1, -0.05) is 12.8 Å². The molecule has 0 saturated heterocycles. The summed E-state index contributed by atoms with van der Waals surface area (Å²) in [4.78, 5) is 15.7. The van der Waals surface area contributed by atoms with Crippen LogP contribution in [0.1, 0.15) is 25.7 Å². The van der Waals surface area contributed by atoms with Gasteiger partial charge in [0.05, 0.1) is 5.92 Å². The van der Waals surface area contributed by atoms with Crippen LogP contribution in [0, 0.1) is 11.8 Å². The van der Waals surface area contributed by atoms with Crippen molar-refractivity contribution in [3.05, 3.63) is 23.7 Å². The summed E-state index contributed by atoms with van der Waals surface area (Å²) in [5.41, 5.74) is 0. The Morgan fingerprint density at radius 2 is 2.25 bits per heavy atom. The fourth-order valence-corrected chi connectivity index (χ4v) is 3.82. The number of carboxylic acid groups (broad SMARTS) is 1. The normalized spacial score (nSPS) is 22.8. The molecule has 0 spiro atoms. The second-order valence-corrected chi connectivity index (χ2v) is 6.31. The summed E-state index contributed by atoms with van der Waals surface area (Å²) in [6.45, 7) is 0.693. The van der Waals surface area contributed by atoms with Gasteiger partial charge in [-0.05, 0) is 36.3 Å². The molecule has 2 aromatic rings. The van der Waals surface area contributed by atoms with Gasteiger partial charge >= 0.3 is 5.97 Å². The van der Waals surface area contributed by atoms with Crippen LogP contribution in [0.5, 0.6) is 0 Å². The second-order valence-electron chi connectivity index (χ2n) is 5.36. The largest absolute Gasteiger partial charge is 0.481 e. The van der Waals surface area contributed by atoms with Crippen molar-refractivity contribution in [2.24, 2.45) is 11.8 Å². The highest BCUT2D eigenvalue weighted by Gasteiger charge is 2.30. The molecule has 2 atom stereocenters. The van der Waals surface area contributed by atoms with E-state index in [1.54, 1.807) is 17.5 Å². The molecule has 1 fully saturated rings. The fraction of sp³-hybridized carbons (Fsp3) is 0.467. The Morgan fingerprint density at radius 1 is 1.40 bits per heavy atom. The van der Waals surface area contributed by atoms with Gasteiger partial charge in [0.1, 0.15) is 5.82 Å². The van der Waals surface area contributed by atoms with Crippen molar-refractivity contribution >= 4 is 33.2 Å². The molecule has 20 heavy (non-hydrogen) atoms. The SMILES string of the molecule is O=C(O)C1CCCCC1CNc1nccc2sccc12. The number of carboxylic acids is 1. The molecule has 106 valence electrons. The lowest BCUT2D eigenvalue weighted by molar-refractivity contribution is -0.144. The first-order chi connectivity index (χ1) is 9.75. The second kappa shape index (κ2) is 5.79. The summed E-state index contributed by atoms with van der Waals surface area (Å²) in [5.74, 6) is 0.214. The van der Waals surface area contributed by atoms with Gasteiger partial charge in [-0.25, -0.2) is 4.98 Å². The topological polar surface area (TPSA) is 62.2 Å². The molecule has 0 aliphatic heterocycles. The first kappa shape index (κ1) is 13.4. The Kier molecular flexibility index (Phi) is 3.87. The maximum Gasteiger partial charge on any atom is 0.306 e. The van der Waals surface area contributed by atoms with Crippen LogP contribution in [-0.4, -0.2) is 22.6 Å². The van der Waals surface area contributed by atoms with E-state index in [2.05, 4.69) is 21.7 Å². The highest BCUT2D eigenvalue weighted by molar-refractivity contribution is 7.17. The van der Waals surface area contributed by atoms with Crippen LogP contribution in [0.25, 0.3) is 10.1 Å². The number of hydrogen-bond acceptors (Lipinski definition) is 4. The smallest absolute Gasteiger partial charge is 0.306 e. The predicted octanol–water partition coefficient (Wildman–Crippen LogP) is 3.60. The summed E-state index contributed by atoms with van der Waals surface area (Å²) < 4.78 is 1.21. The zero-order valence-corrected chi connectivity index (χ0v) is 12.0. The van der Waals surface area contributed by atoms with E-state index in [-0.39, 0.29) is 11.8 Å². The zero-order valence-electron chi connectivity index (χ0n) is 11.2. The monoisotopic (exact) mass is 290 g/mol. The molecular weight excluding hydrogens is 272 g/mol. The Balaban J connectivity index is 1.72. The zero-order chi connectivity index (χ0) is 13.9. The van der Waals surface area contributed by atoms with Crippen molar-refractivity contribution in [3.63, 3.8) is 0 Å². The first-order valence-electron chi connectivity index (χ1n) is 7.04. The van der Waals surface area contributed by atoms with Gasteiger partial charge in [0.25, 0.3) is 0 Å². The Hall–Kier alpha value is -1.62. The number of hydrogen-bond donors (Lipinski definition) is 2. The molecule has 2 heterocycles. The molecule has 1 aliphatic rings. The molecule has 0 aromatic carbocycles. The summed E-state index contributed by atoms with van der Waals surface area (Å²) in [6.07, 6.45) is 5.76. The minimum Gasteiger partial charge on any atom is -0.481 e. The molecule has 0 bridgehead atoms. The van der Waals surface area contributed by atoms with Crippen molar-refractivity contribution in [3.8, 4) is 0 Å². The Labute approximate surface area is 121 Å². The Morgan fingerprint density at radius 3 is 3.10 bits per heavy atom. The van der Waals surface area contributed by atoms with Crippen molar-refractivity contribution in [1.82, 2.24) is 4.98 Å². The minimum atomic E-state index is -0.654. The van der Waals surface area contributed by atoms with Crippen LogP contribution >= 0.6 is 11.3 Å². The van der Waals surface area contributed by atoms with Gasteiger partial charge in [0, 0.05) is 22.8 Å². The van der Waals surface area contributed by atoms with Gasteiger partial charge < -0.3 is 10.4 Å².